The van der Waals surface area contributed by atoms with Gasteiger partial charge in [-0.15, -0.1) is 0 Å². The van der Waals surface area contributed by atoms with E-state index in [0.717, 1.165) is 0 Å². The molecule has 0 saturated heterocycles. The molecule has 0 bridgehead atoms. The maximum absolute atomic E-state index is 3.66. The summed E-state index contributed by atoms with van der Waals surface area (Å²) in [6.07, 6.45) is 2.38. The van der Waals surface area contributed by atoms with Gasteiger partial charge in [0, 0.05) is 12.1 Å². The molecule has 20 heavy (non-hydrogen) atoms. The minimum atomic E-state index is 0.362. The van der Waals surface area contributed by atoms with Crippen molar-refractivity contribution in [3.05, 3.63) is 71.3 Å². The van der Waals surface area contributed by atoms with Crippen molar-refractivity contribution in [2.24, 2.45) is 0 Å². The first-order valence-electron chi connectivity index (χ1n) is 7.60. The van der Waals surface area contributed by atoms with Gasteiger partial charge in [0.15, 0.2) is 0 Å². The first-order valence-corrected chi connectivity index (χ1v) is 7.60. The molecule has 2 aromatic rings. The van der Waals surface area contributed by atoms with E-state index in [0.29, 0.717) is 12.1 Å². The van der Waals surface area contributed by atoms with E-state index < -0.39 is 0 Å². The van der Waals surface area contributed by atoms with Crippen LogP contribution in [-0.2, 0) is 6.42 Å². The van der Waals surface area contributed by atoms with Gasteiger partial charge in [0.1, 0.15) is 0 Å². The quantitative estimate of drug-likeness (QED) is 0.772. The molecule has 0 aliphatic carbocycles. The van der Waals surface area contributed by atoms with Gasteiger partial charge >= 0.3 is 0 Å². The van der Waals surface area contributed by atoms with Crippen LogP contribution in [0.4, 0.5) is 0 Å². The highest BCUT2D eigenvalue weighted by atomic mass is 14.9. The molecule has 0 amide bonds. The Bertz CT molecular complexity index is 501. The van der Waals surface area contributed by atoms with E-state index in [1.54, 1.807) is 0 Å². The number of nitrogens with one attached hydrogen (secondary N) is 1. The molecule has 2 atom stereocenters. The molecule has 2 rings (SSSR count). The van der Waals surface area contributed by atoms with Gasteiger partial charge in [0.05, 0.1) is 0 Å². The van der Waals surface area contributed by atoms with Crippen LogP contribution in [-0.4, -0.2) is 0 Å². The summed E-state index contributed by atoms with van der Waals surface area (Å²) in [5.74, 6) is 0. The molecule has 1 N–H and O–H groups in total. The molecule has 0 radical (unpaired) electrons. The Morgan fingerprint density at radius 3 is 1.90 bits per heavy atom. The standard InChI is InChI=1S/C19H25N/c1-4-8-17-11-13-19(14-12-17)16(3)20-15(2)18-9-6-5-7-10-18/h5-7,9-16,20H,4,8H2,1-3H3/t15-,16?/m1/s1. The summed E-state index contributed by atoms with van der Waals surface area (Å²) in [5, 5.41) is 3.66. The van der Waals surface area contributed by atoms with Crippen molar-refractivity contribution in [1.82, 2.24) is 5.32 Å². The Morgan fingerprint density at radius 1 is 0.800 bits per heavy atom. The summed E-state index contributed by atoms with van der Waals surface area (Å²) in [6.45, 7) is 6.67. The minimum absolute atomic E-state index is 0.362. The van der Waals surface area contributed by atoms with Crippen molar-refractivity contribution in [3.63, 3.8) is 0 Å². The van der Waals surface area contributed by atoms with Crippen LogP contribution >= 0.6 is 0 Å². The number of hydrogen-bond acceptors (Lipinski definition) is 1. The minimum Gasteiger partial charge on any atom is -0.304 e. The lowest BCUT2D eigenvalue weighted by Crippen LogP contribution is -2.22. The Morgan fingerprint density at radius 2 is 1.35 bits per heavy atom. The van der Waals surface area contributed by atoms with Gasteiger partial charge in [-0.25, -0.2) is 0 Å². The second-order valence-corrected chi connectivity index (χ2v) is 5.51. The fourth-order valence-electron chi connectivity index (χ4n) is 2.57. The van der Waals surface area contributed by atoms with Gasteiger partial charge in [-0.3, -0.25) is 0 Å². The number of rotatable bonds is 6. The maximum Gasteiger partial charge on any atom is 0.0297 e. The molecule has 0 aromatic heterocycles. The van der Waals surface area contributed by atoms with E-state index >= 15 is 0 Å². The second kappa shape index (κ2) is 7.25. The summed E-state index contributed by atoms with van der Waals surface area (Å²) in [4.78, 5) is 0. The average molecular weight is 267 g/mol. The van der Waals surface area contributed by atoms with Gasteiger partial charge in [0.25, 0.3) is 0 Å². The highest BCUT2D eigenvalue weighted by molar-refractivity contribution is 5.25. The molecule has 0 heterocycles. The Hall–Kier alpha value is -1.60. The predicted octanol–water partition coefficient (Wildman–Crippen LogP) is 5.05. The maximum atomic E-state index is 3.66. The van der Waals surface area contributed by atoms with Crippen LogP contribution in [0.25, 0.3) is 0 Å². The van der Waals surface area contributed by atoms with E-state index in [1.165, 1.54) is 29.5 Å². The lowest BCUT2D eigenvalue weighted by molar-refractivity contribution is 0.494. The fraction of sp³-hybridized carbons (Fsp3) is 0.368. The molecule has 1 unspecified atom stereocenters. The van der Waals surface area contributed by atoms with Gasteiger partial charge in [-0.2, -0.15) is 0 Å². The summed E-state index contributed by atoms with van der Waals surface area (Å²) in [5.41, 5.74) is 4.12. The third-order valence-corrected chi connectivity index (χ3v) is 3.82. The van der Waals surface area contributed by atoms with Gasteiger partial charge < -0.3 is 5.32 Å². The molecule has 1 heteroatoms. The largest absolute Gasteiger partial charge is 0.304 e. The lowest BCUT2D eigenvalue weighted by atomic mass is 10.0. The molecular formula is C19H25N. The van der Waals surface area contributed by atoms with E-state index in [1.807, 2.05) is 0 Å². The number of aryl methyl sites for hydroxylation is 1. The van der Waals surface area contributed by atoms with Crippen molar-refractivity contribution in [2.45, 2.75) is 45.7 Å². The third kappa shape index (κ3) is 3.94. The van der Waals surface area contributed by atoms with Crippen LogP contribution in [0.1, 0.15) is 56.0 Å². The van der Waals surface area contributed by atoms with Crippen molar-refractivity contribution >= 4 is 0 Å². The zero-order valence-corrected chi connectivity index (χ0v) is 12.8. The Kier molecular flexibility index (Phi) is 5.37. The molecule has 0 aliphatic heterocycles. The zero-order valence-electron chi connectivity index (χ0n) is 12.8. The average Bonchev–Trinajstić information content (AvgIpc) is 2.49. The molecule has 106 valence electrons. The van der Waals surface area contributed by atoms with Crippen LogP contribution in [0.3, 0.4) is 0 Å². The summed E-state index contributed by atoms with van der Waals surface area (Å²) in [7, 11) is 0. The zero-order chi connectivity index (χ0) is 14.4. The highest BCUT2D eigenvalue weighted by Crippen LogP contribution is 2.19. The van der Waals surface area contributed by atoms with Crippen molar-refractivity contribution in [1.29, 1.82) is 0 Å². The molecule has 0 aliphatic rings. The van der Waals surface area contributed by atoms with Gasteiger partial charge in [-0.1, -0.05) is 67.9 Å². The first kappa shape index (κ1) is 14.8. The fourth-order valence-corrected chi connectivity index (χ4v) is 2.57. The van der Waals surface area contributed by atoms with E-state index in [2.05, 4.69) is 80.7 Å². The van der Waals surface area contributed by atoms with Crippen LogP contribution in [0.5, 0.6) is 0 Å². The lowest BCUT2D eigenvalue weighted by Gasteiger charge is -2.21. The Labute approximate surface area is 123 Å². The van der Waals surface area contributed by atoms with Crippen LogP contribution < -0.4 is 5.32 Å². The summed E-state index contributed by atoms with van der Waals surface area (Å²) < 4.78 is 0. The Balaban J connectivity index is 1.99. The summed E-state index contributed by atoms with van der Waals surface area (Å²) in [6, 6.07) is 20.3. The van der Waals surface area contributed by atoms with E-state index in [4.69, 9.17) is 0 Å². The molecule has 1 nitrogen and oxygen atoms in total. The first-order chi connectivity index (χ1) is 9.70. The molecule has 2 aromatic carbocycles. The van der Waals surface area contributed by atoms with E-state index in [-0.39, 0.29) is 0 Å². The van der Waals surface area contributed by atoms with E-state index in [9.17, 15) is 0 Å². The predicted molar refractivity (Wildman–Crippen MR) is 86.8 cm³/mol. The second-order valence-electron chi connectivity index (χ2n) is 5.51. The summed E-state index contributed by atoms with van der Waals surface area (Å²) >= 11 is 0. The van der Waals surface area contributed by atoms with Crippen molar-refractivity contribution in [2.75, 3.05) is 0 Å². The molecule has 0 saturated carbocycles. The monoisotopic (exact) mass is 267 g/mol. The topological polar surface area (TPSA) is 12.0 Å². The third-order valence-electron chi connectivity index (χ3n) is 3.82. The van der Waals surface area contributed by atoms with Crippen LogP contribution in [0.15, 0.2) is 54.6 Å². The van der Waals surface area contributed by atoms with Crippen molar-refractivity contribution < 1.29 is 0 Å². The van der Waals surface area contributed by atoms with Crippen LogP contribution in [0.2, 0.25) is 0 Å². The number of hydrogen-bond donors (Lipinski definition) is 1. The van der Waals surface area contributed by atoms with Crippen molar-refractivity contribution in [3.8, 4) is 0 Å². The normalized spacial score (nSPS) is 13.9. The smallest absolute Gasteiger partial charge is 0.0297 e. The van der Waals surface area contributed by atoms with Crippen LogP contribution in [0, 0.1) is 0 Å². The highest BCUT2D eigenvalue weighted by Gasteiger charge is 2.10. The molecular weight excluding hydrogens is 242 g/mol. The molecule has 0 fully saturated rings. The van der Waals surface area contributed by atoms with Gasteiger partial charge in [0.2, 0.25) is 0 Å². The van der Waals surface area contributed by atoms with Gasteiger partial charge in [-0.05, 0) is 37.0 Å². The SMILES string of the molecule is CCCc1ccc(C(C)N[C@H](C)c2ccccc2)cc1. The number of benzene rings is 2. The molecule has 0 spiro atoms.